The van der Waals surface area contributed by atoms with E-state index in [2.05, 4.69) is 63.2 Å². The Morgan fingerprint density at radius 2 is 1.79 bits per heavy atom. The van der Waals surface area contributed by atoms with E-state index in [-0.39, 0.29) is 11.7 Å². The molecule has 4 rings (SSSR count). The molecule has 2 heterocycles. The van der Waals surface area contributed by atoms with Crippen LogP contribution in [-0.4, -0.2) is 47.8 Å². The van der Waals surface area contributed by atoms with Crippen LogP contribution in [0, 0.1) is 25.2 Å². The van der Waals surface area contributed by atoms with Gasteiger partial charge in [-0.05, 0) is 61.4 Å². The molecule has 1 fully saturated rings. The predicted molar refractivity (Wildman–Crippen MR) is 133 cm³/mol. The summed E-state index contributed by atoms with van der Waals surface area (Å²) in [6.45, 7) is 7.92. The first kappa shape index (κ1) is 22.6. The Morgan fingerprint density at radius 3 is 2.52 bits per heavy atom. The molecular weight excluding hydrogens is 432 g/mol. The first-order valence-corrected chi connectivity index (χ1v) is 11.8. The molecule has 8 heteroatoms. The molecule has 2 aromatic carbocycles. The van der Waals surface area contributed by atoms with Gasteiger partial charge in [0.2, 0.25) is 5.91 Å². The van der Waals surface area contributed by atoms with Gasteiger partial charge < -0.3 is 15.1 Å². The fourth-order valence-electron chi connectivity index (χ4n) is 3.77. The van der Waals surface area contributed by atoms with Crippen LogP contribution >= 0.6 is 11.8 Å². The van der Waals surface area contributed by atoms with Gasteiger partial charge in [-0.2, -0.15) is 5.26 Å². The number of anilines is 3. The van der Waals surface area contributed by atoms with Crippen molar-refractivity contribution in [1.82, 2.24) is 9.97 Å². The monoisotopic (exact) mass is 458 g/mol. The molecular formula is C25H26N6OS. The van der Waals surface area contributed by atoms with Gasteiger partial charge in [0.05, 0.1) is 17.4 Å². The lowest BCUT2D eigenvalue weighted by molar-refractivity contribution is -0.113. The number of amides is 1. The third kappa shape index (κ3) is 5.82. The predicted octanol–water partition coefficient (Wildman–Crippen LogP) is 4.02. The van der Waals surface area contributed by atoms with E-state index in [0.717, 1.165) is 32.0 Å². The van der Waals surface area contributed by atoms with Crippen LogP contribution < -0.4 is 15.1 Å². The Kier molecular flexibility index (Phi) is 7.10. The van der Waals surface area contributed by atoms with Gasteiger partial charge in [0.15, 0.2) is 5.16 Å². The minimum absolute atomic E-state index is 0.138. The highest BCUT2D eigenvalue weighted by Gasteiger charge is 2.20. The minimum atomic E-state index is -0.138. The fourth-order valence-corrected chi connectivity index (χ4v) is 4.40. The number of nitrogens with one attached hydrogen (secondary N) is 1. The van der Waals surface area contributed by atoms with E-state index in [1.807, 2.05) is 6.07 Å². The maximum absolute atomic E-state index is 12.3. The number of carbonyl (C=O) groups is 1. The van der Waals surface area contributed by atoms with Crippen molar-refractivity contribution in [1.29, 1.82) is 5.26 Å². The first-order chi connectivity index (χ1) is 16.0. The maximum atomic E-state index is 12.3. The van der Waals surface area contributed by atoms with E-state index >= 15 is 0 Å². The van der Waals surface area contributed by atoms with Crippen LogP contribution in [0.4, 0.5) is 17.2 Å². The van der Waals surface area contributed by atoms with Gasteiger partial charge in [0, 0.05) is 43.8 Å². The molecule has 33 heavy (non-hydrogen) atoms. The largest absolute Gasteiger partial charge is 0.368 e. The third-order valence-corrected chi connectivity index (χ3v) is 6.42. The Bertz CT molecular complexity index is 1170. The molecule has 3 aromatic rings. The normalized spacial score (nSPS) is 13.5. The summed E-state index contributed by atoms with van der Waals surface area (Å²) in [6.07, 6.45) is 1.75. The number of hydrogen-bond donors (Lipinski definition) is 1. The third-order valence-electron chi connectivity index (χ3n) is 5.56. The molecule has 7 nitrogen and oxygen atoms in total. The number of nitriles is 1. The number of benzene rings is 2. The summed E-state index contributed by atoms with van der Waals surface area (Å²) in [6, 6.07) is 17.4. The molecule has 168 valence electrons. The smallest absolute Gasteiger partial charge is 0.234 e. The average Bonchev–Trinajstić information content (AvgIpc) is 2.85. The Labute approximate surface area is 198 Å². The highest BCUT2D eigenvalue weighted by Crippen LogP contribution is 2.25. The van der Waals surface area contributed by atoms with Crippen LogP contribution in [0.3, 0.4) is 0 Å². The molecule has 0 bridgehead atoms. The van der Waals surface area contributed by atoms with Crippen molar-refractivity contribution >= 4 is 34.9 Å². The number of rotatable bonds is 6. The van der Waals surface area contributed by atoms with Gasteiger partial charge in [-0.15, -0.1) is 0 Å². The summed E-state index contributed by atoms with van der Waals surface area (Å²) < 4.78 is 0. The quantitative estimate of drug-likeness (QED) is 0.441. The van der Waals surface area contributed by atoms with Crippen molar-refractivity contribution < 1.29 is 4.79 Å². The number of hydrogen-bond acceptors (Lipinski definition) is 7. The molecule has 1 saturated heterocycles. The number of carbonyl (C=O) groups excluding carboxylic acids is 1. The van der Waals surface area contributed by atoms with Gasteiger partial charge in [-0.25, -0.2) is 9.97 Å². The first-order valence-electron chi connectivity index (χ1n) is 10.8. The number of aromatic nitrogens is 2. The van der Waals surface area contributed by atoms with Crippen LogP contribution in [0.15, 0.2) is 59.9 Å². The molecule has 1 aliphatic heterocycles. The molecule has 0 saturated carbocycles. The van der Waals surface area contributed by atoms with E-state index < -0.39 is 0 Å². The highest BCUT2D eigenvalue weighted by molar-refractivity contribution is 7.99. The van der Waals surface area contributed by atoms with Crippen molar-refractivity contribution in [2.24, 2.45) is 0 Å². The van der Waals surface area contributed by atoms with Crippen molar-refractivity contribution in [2.45, 2.75) is 19.0 Å². The molecule has 1 amide bonds. The number of nitrogens with zero attached hydrogens (tertiary/aromatic N) is 5. The van der Waals surface area contributed by atoms with Gasteiger partial charge in [-0.1, -0.05) is 23.9 Å². The number of thioether (sulfide) groups is 1. The molecule has 0 spiro atoms. The second-order valence-corrected chi connectivity index (χ2v) is 8.93. The minimum Gasteiger partial charge on any atom is -0.368 e. The van der Waals surface area contributed by atoms with Gasteiger partial charge in [-0.3, -0.25) is 4.79 Å². The number of piperazine rings is 1. The van der Waals surface area contributed by atoms with Gasteiger partial charge >= 0.3 is 0 Å². The summed E-state index contributed by atoms with van der Waals surface area (Å²) in [5.41, 5.74) is 5.10. The highest BCUT2D eigenvalue weighted by atomic mass is 32.2. The summed E-state index contributed by atoms with van der Waals surface area (Å²) in [5, 5.41) is 12.3. The molecule has 1 aliphatic rings. The lowest BCUT2D eigenvalue weighted by Gasteiger charge is -2.37. The van der Waals surface area contributed by atoms with Crippen molar-refractivity contribution in [3.05, 3.63) is 71.4 Å². The molecule has 1 N–H and O–H groups in total. The van der Waals surface area contributed by atoms with Crippen LogP contribution in [-0.2, 0) is 4.79 Å². The molecule has 1 aromatic heterocycles. The van der Waals surface area contributed by atoms with Gasteiger partial charge in [0.1, 0.15) is 5.82 Å². The van der Waals surface area contributed by atoms with E-state index in [4.69, 9.17) is 5.26 Å². The van der Waals surface area contributed by atoms with Crippen LogP contribution in [0.5, 0.6) is 0 Å². The van der Waals surface area contributed by atoms with Crippen molar-refractivity contribution in [2.75, 3.05) is 47.0 Å². The lowest BCUT2D eigenvalue weighted by atomic mass is 10.1. The SMILES string of the molecule is Cc1ccc(C)c(N2CCN(c3ccnc(SCC(=O)Nc4ccc(C#N)cc4)n3)CC2)c1. The summed E-state index contributed by atoms with van der Waals surface area (Å²) in [5.74, 6) is 0.964. The summed E-state index contributed by atoms with van der Waals surface area (Å²) in [4.78, 5) is 26.0. The summed E-state index contributed by atoms with van der Waals surface area (Å²) in [7, 11) is 0. The zero-order valence-corrected chi connectivity index (χ0v) is 19.6. The lowest BCUT2D eigenvalue weighted by Crippen LogP contribution is -2.47. The fraction of sp³-hybridized carbons (Fsp3) is 0.280. The van der Waals surface area contributed by atoms with Crippen LogP contribution in [0.25, 0.3) is 0 Å². The summed E-state index contributed by atoms with van der Waals surface area (Å²) >= 11 is 1.31. The molecule has 0 unspecified atom stereocenters. The van der Waals surface area contributed by atoms with Crippen LogP contribution in [0.1, 0.15) is 16.7 Å². The van der Waals surface area contributed by atoms with Crippen molar-refractivity contribution in [3.63, 3.8) is 0 Å². The molecule has 0 radical (unpaired) electrons. The average molecular weight is 459 g/mol. The molecule has 0 atom stereocenters. The van der Waals surface area contributed by atoms with E-state index in [0.29, 0.717) is 16.4 Å². The molecule has 0 aliphatic carbocycles. The Balaban J connectivity index is 1.31. The topological polar surface area (TPSA) is 85.1 Å². The maximum Gasteiger partial charge on any atom is 0.234 e. The zero-order chi connectivity index (χ0) is 23.2. The Hall–Kier alpha value is -3.57. The van der Waals surface area contributed by atoms with E-state index in [1.54, 1.807) is 30.5 Å². The van der Waals surface area contributed by atoms with Crippen molar-refractivity contribution in [3.8, 4) is 6.07 Å². The van der Waals surface area contributed by atoms with E-state index in [9.17, 15) is 4.79 Å². The standard InChI is InChI=1S/C25H26N6OS/c1-18-3-4-19(2)22(15-18)30-11-13-31(14-12-30)23-9-10-27-25(29-23)33-17-24(32)28-21-7-5-20(16-26)6-8-21/h3-10,15H,11-14,17H2,1-2H3,(H,28,32). The zero-order valence-electron chi connectivity index (χ0n) is 18.8. The second-order valence-electron chi connectivity index (χ2n) is 7.99. The van der Waals surface area contributed by atoms with E-state index in [1.165, 1.54) is 28.6 Å². The second kappa shape index (κ2) is 10.4. The number of aryl methyl sites for hydroxylation is 2. The van der Waals surface area contributed by atoms with Gasteiger partial charge in [0.25, 0.3) is 0 Å². The Morgan fingerprint density at radius 1 is 1.06 bits per heavy atom. The van der Waals surface area contributed by atoms with Crippen LogP contribution in [0.2, 0.25) is 0 Å².